The van der Waals surface area contributed by atoms with Crippen molar-refractivity contribution in [3.05, 3.63) is 41.1 Å². The van der Waals surface area contributed by atoms with Gasteiger partial charge in [-0.1, -0.05) is 31.5 Å². The molecule has 18 heavy (non-hydrogen) atoms. The molecule has 0 spiro atoms. The van der Waals surface area contributed by atoms with Gasteiger partial charge in [-0.05, 0) is 25.5 Å². The molecular weight excluding hydrogens is 222 g/mol. The van der Waals surface area contributed by atoms with E-state index in [1.165, 1.54) is 22.3 Å². The summed E-state index contributed by atoms with van der Waals surface area (Å²) in [4.78, 5) is 0. The number of hydrogen-bond donors (Lipinski definition) is 2. The van der Waals surface area contributed by atoms with Crippen LogP contribution in [0.5, 0.6) is 0 Å². The molecule has 1 aromatic carbocycles. The number of benzene rings is 1. The first-order valence-electron chi connectivity index (χ1n) is 6.41. The van der Waals surface area contributed by atoms with Crippen molar-refractivity contribution >= 4 is 0 Å². The minimum atomic E-state index is 0.478. The van der Waals surface area contributed by atoms with Gasteiger partial charge < -0.3 is 5.32 Å². The van der Waals surface area contributed by atoms with Crippen LogP contribution < -0.4 is 5.32 Å². The summed E-state index contributed by atoms with van der Waals surface area (Å²) in [6, 6.07) is 6.99. The molecule has 0 saturated carbocycles. The second-order valence-electron chi connectivity index (χ2n) is 5.12. The quantitative estimate of drug-likeness (QED) is 0.865. The minimum absolute atomic E-state index is 0.478. The van der Waals surface area contributed by atoms with Gasteiger partial charge in [0.15, 0.2) is 0 Å². The number of hydrogen-bond acceptors (Lipinski definition) is 2. The monoisotopic (exact) mass is 243 g/mol. The summed E-state index contributed by atoms with van der Waals surface area (Å²) in [7, 11) is 0. The van der Waals surface area contributed by atoms with Crippen LogP contribution in [0, 0.1) is 13.8 Å². The minimum Gasteiger partial charge on any atom is -0.310 e. The molecular formula is C15H21N3. The van der Waals surface area contributed by atoms with Gasteiger partial charge in [0.25, 0.3) is 0 Å². The van der Waals surface area contributed by atoms with Crippen LogP contribution in [0.2, 0.25) is 0 Å². The summed E-state index contributed by atoms with van der Waals surface area (Å²) in [5.74, 6) is 0. The van der Waals surface area contributed by atoms with Crippen molar-refractivity contribution < 1.29 is 0 Å². The van der Waals surface area contributed by atoms with Crippen molar-refractivity contribution in [2.24, 2.45) is 0 Å². The van der Waals surface area contributed by atoms with Crippen LogP contribution in [0.1, 0.15) is 30.5 Å². The highest BCUT2D eigenvalue weighted by molar-refractivity contribution is 5.67. The zero-order valence-corrected chi connectivity index (χ0v) is 11.5. The summed E-state index contributed by atoms with van der Waals surface area (Å²) < 4.78 is 0. The Morgan fingerprint density at radius 3 is 2.78 bits per heavy atom. The van der Waals surface area contributed by atoms with Crippen LogP contribution in [0.15, 0.2) is 24.4 Å². The summed E-state index contributed by atoms with van der Waals surface area (Å²) in [5, 5.41) is 10.7. The van der Waals surface area contributed by atoms with Crippen LogP contribution in [-0.4, -0.2) is 16.2 Å². The second-order valence-corrected chi connectivity index (χ2v) is 5.12. The molecule has 0 atom stereocenters. The third-order valence-electron chi connectivity index (χ3n) is 3.08. The number of aromatic amines is 1. The van der Waals surface area contributed by atoms with E-state index in [-0.39, 0.29) is 0 Å². The zero-order valence-electron chi connectivity index (χ0n) is 11.5. The lowest BCUT2D eigenvalue weighted by molar-refractivity contribution is 0.589. The molecule has 1 heterocycles. The molecule has 0 bridgehead atoms. The molecule has 0 aliphatic heterocycles. The highest BCUT2D eigenvalue weighted by Gasteiger charge is 2.10. The molecule has 3 nitrogen and oxygen atoms in total. The topological polar surface area (TPSA) is 40.7 Å². The Kier molecular flexibility index (Phi) is 3.82. The van der Waals surface area contributed by atoms with Gasteiger partial charge in [-0.15, -0.1) is 0 Å². The number of nitrogens with zero attached hydrogens (tertiary/aromatic N) is 1. The van der Waals surface area contributed by atoms with Gasteiger partial charge in [0, 0.05) is 23.7 Å². The summed E-state index contributed by atoms with van der Waals surface area (Å²) in [5.41, 5.74) is 6.14. The summed E-state index contributed by atoms with van der Waals surface area (Å²) in [6.45, 7) is 9.40. The van der Waals surface area contributed by atoms with Crippen molar-refractivity contribution in [1.29, 1.82) is 0 Å². The molecule has 2 N–H and O–H groups in total. The van der Waals surface area contributed by atoms with Crippen LogP contribution >= 0.6 is 0 Å². The number of aromatic nitrogens is 2. The van der Waals surface area contributed by atoms with E-state index in [1.807, 2.05) is 6.20 Å². The van der Waals surface area contributed by atoms with Crippen molar-refractivity contribution in [3.63, 3.8) is 0 Å². The fourth-order valence-corrected chi connectivity index (χ4v) is 2.00. The van der Waals surface area contributed by atoms with E-state index in [2.05, 4.69) is 61.4 Å². The van der Waals surface area contributed by atoms with Gasteiger partial charge in [-0.2, -0.15) is 5.10 Å². The van der Waals surface area contributed by atoms with Crippen molar-refractivity contribution in [2.75, 3.05) is 0 Å². The van der Waals surface area contributed by atoms with Crippen molar-refractivity contribution in [2.45, 2.75) is 40.3 Å². The average molecular weight is 243 g/mol. The Balaban J connectivity index is 2.33. The zero-order chi connectivity index (χ0) is 13.1. The van der Waals surface area contributed by atoms with E-state index in [0.717, 1.165) is 12.2 Å². The molecule has 0 aliphatic carbocycles. The molecule has 3 heteroatoms. The number of H-pyrrole nitrogens is 1. The van der Waals surface area contributed by atoms with Gasteiger partial charge in [0.2, 0.25) is 0 Å². The summed E-state index contributed by atoms with van der Waals surface area (Å²) >= 11 is 0. The highest BCUT2D eigenvalue weighted by Crippen LogP contribution is 2.25. The third kappa shape index (κ3) is 2.79. The summed E-state index contributed by atoms with van der Waals surface area (Å²) in [6.07, 6.45) is 1.91. The average Bonchev–Trinajstić information content (AvgIpc) is 2.77. The predicted octanol–water partition coefficient (Wildman–Crippen LogP) is 3.19. The Hall–Kier alpha value is -1.61. The molecule has 0 unspecified atom stereocenters. The third-order valence-corrected chi connectivity index (χ3v) is 3.08. The molecule has 1 aromatic heterocycles. The van der Waals surface area contributed by atoms with E-state index in [0.29, 0.717) is 6.04 Å². The van der Waals surface area contributed by atoms with Crippen LogP contribution in [-0.2, 0) is 6.54 Å². The lowest BCUT2D eigenvalue weighted by atomic mass is 10.0. The highest BCUT2D eigenvalue weighted by atomic mass is 15.1. The second kappa shape index (κ2) is 5.36. The lowest BCUT2D eigenvalue weighted by Crippen LogP contribution is -2.21. The maximum absolute atomic E-state index is 4.18. The molecule has 2 rings (SSSR count). The molecule has 0 amide bonds. The number of rotatable bonds is 4. The van der Waals surface area contributed by atoms with E-state index in [1.54, 1.807) is 0 Å². The maximum Gasteiger partial charge on any atom is 0.0697 e. The number of aryl methyl sites for hydroxylation is 2. The van der Waals surface area contributed by atoms with Gasteiger partial charge in [0.1, 0.15) is 0 Å². The van der Waals surface area contributed by atoms with Gasteiger partial charge >= 0.3 is 0 Å². The lowest BCUT2D eigenvalue weighted by Gasteiger charge is -2.10. The molecule has 0 saturated heterocycles. The van der Waals surface area contributed by atoms with Gasteiger partial charge in [-0.3, -0.25) is 5.10 Å². The Labute approximate surface area is 109 Å². The Bertz CT molecular complexity index is 526. The molecule has 0 aliphatic rings. The molecule has 2 aromatic rings. The number of nitrogens with one attached hydrogen (secondary N) is 2. The first-order chi connectivity index (χ1) is 8.58. The normalized spacial score (nSPS) is 11.2. The van der Waals surface area contributed by atoms with Gasteiger partial charge in [0.05, 0.1) is 11.9 Å². The van der Waals surface area contributed by atoms with E-state index >= 15 is 0 Å². The van der Waals surface area contributed by atoms with E-state index < -0.39 is 0 Å². The smallest absolute Gasteiger partial charge is 0.0697 e. The van der Waals surface area contributed by atoms with Gasteiger partial charge in [-0.25, -0.2) is 0 Å². The van der Waals surface area contributed by atoms with E-state index in [4.69, 9.17) is 0 Å². The van der Waals surface area contributed by atoms with E-state index in [9.17, 15) is 0 Å². The van der Waals surface area contributed by atoms with Crippen LogP contribution in [0.3, 0.4) is 0 Å². The van der Waals surface area contributed by atoms with Crippen LogP contribution in [0.25, 0.3) is 11.3 Å². The fraction of sp³-hybridized carbons (Fsp3) is 0.400. The fourth-order valence-electron chi connectivity index (χ4n) is 2.00. The Morgan fingerprint density at radius 1 is 1.28 bits per heavy atom. The SMILES string of the molecule is Cc1ccc(C)c(-c2[nH]ncc2CNC(C)C)c1. The first kappa shape index (κ1) is 12.8. The van der Waals surface area contributed by atoms with Crippen molar-refractivity contribution in [1.82, 2.24) is 15.5 Å². The predicted molar refractivity (Wildman–Crippen MR) is 75.5 cm³/mol. The van der Waals surface area contributed by atoms with Crippen LogP contribution in [0.4, 0.5) is 0 Å². The first-order valence-corrected chi connectivity index (χ1v) is 6.41. The Morgan fingerprint density at radius 2 is 2.06 bits per heavy atom. The van der Waals surface area contributed by atoms with Crippen molar-refractivity contribution in [3.8, 4) is 11.3 Å². The molecule has 0 radical (unpaired) electrons. The molecule has 0 fully saturated rings. The largest absolute Gasteiger partial charge is 0.310 e. The molecule has 96 valence electrons. The maximum atomic E-state index is 4.18. The standard InChI is InChI=1S/C15H21N3/c1-10(2)16-8-13-9-17-18-15(13)14-7-11(3)5-6-12(14)4/h5-7,9-10,16H,8H2,1-4H3,(H,17,18).